The molecule has 0 atom stereocenters. The first-order chi connectivity index (χ1) is 12.2. The average Bonchev–Trinajstić information content (AvgIpc) is 2.61. The van der Waals surface area contributed by atoms with E-state index in [0.717, 1.165) is 15.1 Å². The molecule has 0 heterocycles. The molecule has 134 valence electrons. The van der Waals surface area contributed by atoms with E-state index in [1.165, 1.54) is 19.2 Å². The van der Waals surface area contributed by atoms with Crippen LogP contribution in [-0.4, -0.2) is 31.6 Å². The number of aryl methyl sites for hydroxylation is 1. The number of sulfonamides is 1. The summed E-state index contributed by atoms with van der Waals surface area (Å²) in [5.74, 6) is -2.16. The van der Waals surface area contributed by atoms with Crippen LogP contribution in [0.25, 0.3) is 10.8 Å². The van der Waals surface area contributed by atoms with E-state index in [2.05, 4.69) is 0 Å². The molecule has 0 aliphatic rings. The number of hydrogen-bond donors (Lipinski definition) is 2. The van der Waals surface area contributed by atoms with Gasteiger partial charge in [0.2, 0.25) is 0 Å². The first-order valence-corrected chi connectivity index (χ1v) is 9.20. The van der Waals surface area contributed by atoms with E-state index < -0.39 is 32.2 Å². The van der Waals surface area contributed by atoms with Gasteiger partial charge in [0.15, 0.2) is 5.75 Å². The molecule has 0 spiro atoms. The maximum absolute atomic E-state index is 13.0. The van der Waals surface area contributed by atoms with Gasteiger partial charge >= 0.3 is 5.97 Å². The van der Waals surface area contributed by atoms with Crippen molar-refractivity contribution in [2.24, 2.45) is 0 Å². The average molecular weight is 371 g/mol. The zero-order valence-corrected chi connectivity index (χ0v) is 15.0. The normalized spacial score (nSPS) is 11.5. The molecular weight excluding hydrogens is 354 g/mol. The second-order valence-electron chi connectivity index (χ2n) is 5.97. The smallest absolute Gasteiger partial charge is 0.339 e. The lowest BCUT2D eigenvalue weighted by Crippen LogP contribution is -2.27. The number of carboxylic acid groups (broad SMARTS) is 1. The van der Waals surface area contributed by atoms with Gasteiger partial charge in [-0.15, -0.1) is 0 Å². The lowest BCUT2D eigenvalue weighted by atomic mass is 10.1. The fourth-order valence-electron chi connectivity index (χ4n) is 2.76. The van der Waals surface area contributed by atoms with Gasteiger partial charge in [-0.05, 0) is 47.5 Å². The van der Waals surface area contributed by atoms with Crippen molar-refractivity contribution < 1.29 is 23.4 Å². The Morgan fingerprint density at radius 1 is 1.00 bits per heavy atom. The van der Waals surface area contributed by atoms with Crippen molar-refractivity contribution in [1.29, 1.82) is 0 Å². The zero-order chi connectivity index (χ0) is 19.1. The predicted octanol–water partition coefficient (Wildman–Crippen LogP) is 3.38. The van der Waals surface area contributed by atoms with Crippen LogP contribution in [0.2, 0.25) is 0 Å². The maximum atomic E-state index is 13.0. The van der Waals surface area contributed by atoms with Crippen LogP contribution in [0.5, 0.6) is 5.75 Å². The third kappa shape index (κ3) is 2.97. The second-order valence-corrected chi connectivity index (χ2v) is 7.91. The molecule has 0 aliphatic heterocycles. The van der Waals surface area contributed by atoms with Gasteiger partial charge in [0.1, 0.15) is 10.5 Å². The van der Waals surface area contributed by atoms with Gasteiger partial charge in [-0.2, -0.15) is 0 Å². The number of phenols is 1. The van der Waals surface area contributed by atoms with Crippen LogP contribution in [0.3, 0.4) is 0 Å². The van der Waals surface area contributed by atoms with Gasteiger partial charge in [-0.3, -0.25) is 4.31 Å². The molecule has 6 nitrogen and oxygen atoms in total. The van der Waals surface area contributed by atoms with Crippen molar-refractivity contribution in [1.82, 2.24) is 0 Å². The van der Waals surface area contributed by atoms with Crippen molar-refractivity contribution in [2.45, 2.75) is 11.8 Å². The SMILES string of the molecule is Cc1cc(C(=O)O)c(O)c(S(=O)(=O)N(C)c2ccc3ccccc3c2)c1. The van der Waals surface area contributed by atoms with Crippen molar-refractivity contribution in [2.75, 3.05) is 11.4 Å². The van der Waals surface area contributed by atoms with Crippen molar-refractivity contribution in [3.8, 4) is 5.75 Å². The lowest BCUT2D eigenvalue weighted by Gasteiger charge is -2.21. The van der Waals surface area contributed by atoms with Crippen molar-refractivity contribution in [3.05, 3.63) is 65.7 Å². The molecule has 0 saturated heterocycles. The molecule has 3 rings (SSSR count). The zero-order valence-electron chi connectivity index (χ0n) is 14.2. The lowest BCUT2D eigenvalue weighted by molar-refractivity contribution is 0.0693. The molecule has 0 saturated carbocycles. The van der Waals surface area contributed by atoms with Crippen LogP contribution >= 0.6 is 0 Å². The molecule has 0 bridgehead atoms. The molecule has 3 aromatic rings. The molecule has 0 aliphatic carbocycles. The van der Waals surface area contributed by atoms with E-state index in [0.29, 0.717) is 11.3 Å². The molecule has 26 heavy (non-hydrogen) atoms. The van der Waals surface area contributed by atoms with Gasteiger partial charge in [0, 0.05) is 7.05 Å². The number of benzene rings is 3. The molecule has 0 radical (unpaired) electrons. The third-order valence-corrected chi connectivity index (χ3v) is 5.98. The highest BCUT2D eigenvalue weighted by Crippen LogP contribution is 2.33. The van der Waals surface area contributed by atoms with E-state index in [9.17, 15) is 23.4 Å². The molecule has 3 aromatic carbocycles. The number of anilines is 1. The monoisotopic (exact) mass is 371 g/mol. The highest BCUT2D eigenvalue weighted by atomic mass is 32.2. The minimum absolute atomic E-state index is 0.404. The van der Waals surface area contributed by atoms with Gasteiger partial charge in [-0.1, -0.05) is 30.3 Å². The van der Waals surface area contributed by atoms with Crippen LogP contribution in [0.4, 0.5) is 5.69 Å². The highest BCUT2D eigenvalue weighted by Gasteiger charge is 2.28. The molecule has 0 fully saturated rings. The van der Waals surface area contributed by atoms with Crippen LogP contribution < -0.4 is 4.31 Å². The summed E-state index contributed by atoms with van der Waals surface area (Å²) in [6, 6.07) is 15.2. The second kappa shape index (κ2) is 6.34. The molecule has 7 heteroatoms. The highest BCUT2D eigenvalue weighted by molar-refractivity contribution is 7.93. The Hall–Kier alpha value is -3.06. The van der Waals surface area contributed by atoms with Crippen LogP contribution in [-0.2, 0) is 10.0 Å². The Morgan fingerprint density at radius 2 is 1.65 bits per heavy atom. The Balaban J connectivity index is 2.14. The number of carbonyl (C=O) groups is 1. The number of carboxylic acids is 1. The van der Waals surface area contributed by atoms with E-state index in [1.807, 2.05) is 24.3 Å². The summed E-state index contributed by atoms with van der Waals surface area (Å²) in [5.41, 5.74) is 0.377. The fraction of sp³-hybridized carbons (Fsp3) is 0.105. The summed E-state index contributed by atoms with van der Waals surface area (Å²) in [5, 5.41) is 21.2. The number of nitrogens with zero attached hydrogens (tertiary/aromatic N) is 1. The van der Waals surface area contributed by atoms with Gasteiger partial charge in [0.25, 0.3) is 10.0 Å². The first kappa shape index (κ1) is 17.8. The number of hydrogen-bond acceptors (Lipinski definition) is 4. The maximum Gasteiger partial charge on any atom is 0.339 e. The Labute approximate surface area is 151 Å². The summed E-state index contributed by atoms with van der Waals surface area (Å²) in [7, 11) is -2.79. The van der Waals surface area contributed by atoms with Crippen LogP contribution in [0.15, 0.2) is 59.5 Å². The van der Waals surface area contributed by atoms with E-state index in [4.69, 9.17) is 0 Å². The summed E-state index contributed by atoms with van der Waals surface area (Å²) >= 11 is 0. The Morgan fingerprint density at radius 3 is 2.31 bits per heavy atom. The molecule has 0 aromatic heterocycles. The quantitative estimate of drug-likeness (QED) is 0.733. The molecule has 0 unspecified atom stereocenters. The number of rotatable bonds is 4. The number of fused-ring (bicyclic) bond motifs is 1. The minimum Gasteiger partial charge on any atom is -0.506 e. The van der Waals surface area contributed by atoms with Crippen molar-refractivity contribution in [3.63, 3.8) is 0 Å². The Kier molecular flexibility index (Phi) is 4.33. The van der Waals surface area contributed by atoms with E-state index in [-0.39, 0.29) is 0 Å². The van der Waals surface area contributed by atoms with E-state index in [1.54, 1.807) is 25.1 Å². The Bertz CT molecular complexity index is 1120. The summed E-state index contributed by atoms with van der Waals surface area (Å²) in [6.45, 7) is 1.57. The summed E-state index contributed by atoms with van der Waals surface area (Å²) in [4.78, 5) is 10.8. The van der Waals surface area contributed by atoms with Gasteiger partial charge in [-0.25, -0.2) is 13.2 Å². The van der Waals surface area contributed by atoms with Gasteiger partial charge in [0.05, 0.1) is 5.69 Å². The van der Waals surface area contributed by atoms with Gasteiger partial charge < -0.3 is 10.2 Å². The predicted molar refractivity (Wildman–Crippen MR) is 99.3 cm³/mol. The van der Waals surface area contributed by atoms with Crippen LogP contribution in [0, 0.1) is 6.92 Å². The first-order valence-electron chi connectivity index (χ1n) is 7.76. The topological polar surface area (TPSA) is 94.9 Å². The number of aromatic hydroxyl groups is 1. The largest absolute Gasteiger partial charge is 0.506 e. The van der Waals surface area contributed by atoms with Crippen molar-refractivity contribution >= 4 is 32.5 Å². The van der Waals surface area contributed by atoms with Crippen LogP contribution in [0.1, 0.15) is 15.9 Å². The number of aromatic carboxylic acids is 1. The third-order valence-electron chi connectivity index (χ3n) is 4.18. The summed E-state index contributed by atoms with van der Waals surface area (Å²) < 4.78 is 27.0. The standard InChI is InChI=1S/C19H17NO5S/c1-12-9-16(19(22)23)18(21)17(10-12)26(24,25)20(2)15-8-7-13-5-3-4-6-14(13)11-15/h3-11,21H,1-2H3,(H,22,23). The minimum atomic E-state index is -4.15. The molecular formula is C19H17NO5S. The fourth-order valence-corrected chi connectivity index (χ4v) is 4.14. The van der Waals surface area contributed by atoms with E-state index >= 15 is 0 Å². The molecule has 0 amide bonds. The molecule has 2 N–H and O–H groups in total. The summed E-state index contributed by atoms with van der Waals surface area (Å²) in [6.07, 6.45) is 0.